The van der Waals surface area contributed by atoms with Crippen LogP contribution >= 0.6 is 0 Å². The van der Waals surface area contributed by atoms with Crippen molar-refractivity contribution < 1.29 is 9.53 Å². The largest absolute Gasteiger partial charge is 0.415 e. The summed E-state index contributed by atoms with van der Waals surface area (Å²) in [5.74, 6) is 0.391. The monoisotopic (exact) mass is 221 g/mol. The molecule has 1 aromatic carbocycles. The van der Waals surface area contributed by atoms with Crippen molar-refractivity contribution in [2.24, 2.45) is 5.73 Å². The summed E-state index contributed by atoms with van der Waals surface area (Å²) >= 11 is 0. The number of hydrogen-bond donors (Lipinski definition) is 2. The Morgan fingerprint density at radius 1 is 1.44 bits per heavy atom. The van der Waals surface area contributed by atoms with Crippen LogP contribution in [0.15, 0.2) is 30.3 Å². The molecule has 86 valence electrons. The number of carbonyl (C=O) groups excluding carboxylic acids is 1. The molecule has 0 aromatic heterocycles. The van der Waals surface area contributed by atoms with Gasteiger partial charge in [-0.25, -0.2) is 4.79 Å². The van der Waals surface area contributed by atoms with Gasteiger partial charge in [-0.2, -0.15) is 0 Å². The molecule has 1 atom stereocenters. The quantitative estimate of drug-likeness (QED) is 0.598. The number of nitrogens with two attached hydrogens (primary N) is 1. The van der Waals surface area contributed by atoms with Crippen molar-refractivity contribution in [1.82, 2.24) is 4.90 Å². The van der Waals surface area contributed by atoms with Crippen LogP contribution in [0.3, 0.4) is 0 Å². The standard InChI is InChI=1S/C11H15N3O2/c1-8(10(12)13)14(2)11(15)16-9-6-4-3-5-7-9/h3-8H,1-2H3,(H3,12,13). The lowest BCUT2D eigenvalue weighted by molar-refractivity contribution is 0.158. The summed E-state index contributed by atoms with van der Waals surface area (Å²) < 4.78 is 5.08. The molecule has 0 bridgehead atoms. The molecule has 1 rings (SSSR count). The van der Waals surface area contributed by atoms with E-state index in [1.165, 1.54) is 11.9 Å². The fourth-order valence-corrected chi connectivity index (χ4v) is 1.03. The third-order valence-electron chi connectivity index (χ3n) is 2.27. The molecule has 1 amide bonds. The summed E-state index contributed by atoms with van der Waals surface area (Å²) in [6.07, 6.45) is -0.533. The van der Waals surface area contributed by atoms with E-state index < -0.39 is 12.1 Å². The summed E-state index contributed by atoms with van der Waals surface area (Å²) in [5.41, 5.74) is 5.30. The topological polar surface area (TPSA) is 79.4 Å². The fourth-order valence-electron chi connectivity index (χ4n) is 1.03. The Hall–Kier alpha value is -2.04. The highest BCUT2D eigenvalue weighted by Gasteiger charge is 2.19. The van der Waals surface area contributed by atoms with Crippen LogP contribution in [0.5, 0.6) is 5.75 Å². The molecule has 0 saturated carbocycles. The number of para-hydroxylation sites is 1. The van der Waals surface area contributed by atoms with Crippen LogP contribution in [0.1, 0.15) is 6.92 Å². The maximum atomic E-state index is 11.6. The van der Waals surface area contributed by atoms with Gasteiger partial charge in [0.2, 0.25) is 0 Å². The van der Waals surface area contributed by atoms with Gasteiger partial charge in [-0.3, -0.25) is 5.41 Å². The molecule has 0 aliphatic rings. The number of amides is 1. The predicted octanol–water partition coefficient (Wildman–Crippen LogP) is 1.44. The first-order chi connectivity index (χ1) is 7.52. The number of rotatable bonds is 3. The van der Waals surface area contributed by atoms with Gasteiger partial charge in [-0.15, -0.1) is 0 Å². The summed E-state index contributed by atoms with van der Waals surface area (Å²) in [5, 5.41) is 7.23. The molecule has 16 heavy (non-hydrogen) atoms. The van der Waals surface area contributed by atoms with E-state index in [4.69, 9.17) is 15.9 Å². The van der Waals surface area contributed by atoms with Gasteiger partial charge in [-0.1, -0.05) is 18.2 Å². The number of hydrogen-bond acceptors (Lipinski definition) is 3. The molecule has 5 nitrogen and oxygen atoms in total. The van der Waals surface area contributed by atoms with Gasteiger partial charge in [0.25, 0.3) is 0 Å². The van der Waals surface area contributed by atoms with Gasteiger partial charge >= 0.3 is 6.09 Å². The fraction of sp³-hybridized carbons (Fsp3) is 0.273. The Morgan fingerprint density at radius 3 is 2.50 bits per heavy atom. The van der Waals surface area contributed by atoms with Gasteiger partial charge in [0.1, 0.15) is 11.6 Å². The second kappa shape index (κ2) is 5.16. The van der Waals surface area contributed by atoms with E-state index in [1.807, 2.05) is 6.07 Å². The zero-order valence-corrected chi connectivity index (χ0v) is 9.31. The van der Waals surface area contributed by atoms with E-state index in [0.717, 1.165) is 0 Å². The van der Waals surface area contributed by atoms with Crippen LogP contribution in [-0.4, -0.2) is 29.9 Å². The normalized spacial score (nSPS) is 11.6. The maximum absolute atomic E-state index is 11.6. The summed E-state index contributed by atoms with van der Waals surface area (Å²) in [6, 6.07) is 8.28. The second-order valence-corrected chi connectivity index (χ2v) is 3.42. The van der Waals surface area contributed by atoms with Gasteiger partial charge in [0.15, 0.2) is 0 Å². The molecular weight excluding hydrogens is 206 g/mol. The van der Waals surface area contributed by atoms with Crippen molar-refractivity contribution in [3.05, 3.63) is 30.3 Å². The number of nitrogens with one attached hydrogen (secondary N) is 1. The number of carbonyl (C=O) groups is 1. The van der Waals surface area contributed by atoms with Gasteiger partial charge < -0.3 is 15.4 Å². The van der Waals surface area contributed by atoms with Crippen molar-refractivity contribution in [3.63, 3.8) is 0 Å². The molecule has 0 fully saturated rings. The minimum Gasteiger partial charge on any atom is -0.410 e. The molecule has 0 aliphatic carbocycles. The van der Waals surface area contributed by atoms with Gasteiger partial charge in [-0.05, 0) is 19.1 Å². The molecule has 0 heterocycles. The minimum absolute atomic E-state index is 0.0764. The highest BCUT2D eigenvalue weighted by molar-refractivity contribution is 5.86. The molecule has 1 unspecified atom stereocenters. The van der Waals surface area contributed by atoms with Crippen LogP contribution in [0, 0.1) is 5.41 Å². The first kappa shape index (κ1) is 12.0. The zero-order chi connectivity index (χ0) is 12.1. The number of nitrogens with zero attached hydrogens (tertiary/aromatic N) is 1. The van der Waals surface area contributed by atoms with Crippen LogP contribution in [0.25, 0.3) is 0 Å². The van der Waals surface area contributed by atoms with E-state index in [2.05, 4.69) is 0 Å². The average molecular weight is 221 g/mol. The minimum atomic E-state index is -0.533. The van der Waals surface area contributed by atoms with Crippen molar-refractivity contribution in [1.29, 1.82) is 5.41 Å². The summed E-state index contributed by atoms with van der Waals surface area (Å²) in [4.78, 5) is 12.9. The molecule has 5 heteroatoms. The van der Waals surface area contributed by atoms with Crippen LogP contribution in [0.2, 0.25) is 0 Å². The number of ether oxygens (including phenoxy) is 1. The highest BCUT2D eigenvalue weighted by Crippen LogP contribution is 2.10. The van der Waals surface area contributed by atoms with Crippen molar-refractivity contribution >= 4 is 11.9 Å². The number of amidine groups is 1. The zero-order valence-electron chi connectivity index (χ0n) is 9.31. The van der Waals surface area contributed by atoms with Crippen molar-refractivity contribution in [2.75, 3.05) is 7.05 Å². The molecule has 1 aromatic rings. The molecule has 0 spiro atoms. The lowest BCUT2D eigenvalue weighted by atomic mass is 10.3. The van der Waals surface area contributed by atoms with E-state index in [-0.39, 0.29) is 5.84 Å². The van der Waals surface area contributed by atoms with Gasteiger partial charge in [0, 0.05) is 7.05 Å². The second-order valence-electron chi connectivity index (χ2n) is 3.42. The predicted molar refractivity (Wildman–Crippen MR) is 61.6 cm³/mol. The first-order valence-corrected chi connectivity index (χ1v) is 4.86. The third kappa shape index (κ3) is 2.98. The molecule has 3 N–H and O–H groups in total. The Labute approximate surface area is 94.3 Å². The van der Waals surface area contributed by atoms with Crippen molar-refractivity contribution in [3.8, 4) is 5.75 Å². The molecule has 0 aliphatic heterocycles. The molecular formula is C11H15N3O2. The van der Waals surface area contributed by atoms with Crippen LogP contribution < -0.4 is 10.5 Å². The van der Waals surface area contributed by atoms with E-state index in [1.54, 1.807) is 31.2 Å². The van der Waals surface area contributed by atoms with Gasteiger partial charge in [0.05, 0.1) is 6.04 Å². The molecule has 0 saturated heterocycles. The lowest BCUT2D eigenvalue weighted by Gasteiger charge is -2.22. The highest BCUT2D eigenvalue weighted by atomic mass is 16.6. The summed E-state index contributed by atoms with van der Waals surface area (Å²) in [7, 11) is 1.54. The Morgan fingerprint density at radius 2 is 2.00 bits per heavy atom. The lowest BCUT2D eigenvalue weighted by Crippen LogP contribution is -2.44. The third-order valence-corrected chi connectivity index (χ3v) is 2.27. The van der Waals surface area contributed by atoms with Crippen LogP contribution in [-0.2, 0) is 0 Å². The van der Waals surface area contributed by atoms with Crippen LogP contribution in [0.4, 0.5) is 4.79 Å². The SMILES string of the molecule is CC(C(=N)N)N(C)C(=O)Oc1ccccc1. The number of benzene rings is 1. The first-order valence-electron chi connectivity index (χ1n) is 4.86. The average Bonchev–Trinajstić information content (AvgIpc) is 2.28. The van der Waals surface area contributed by atoms with Crippen molar-refractivity contribution in [2.45, 2.75) is 13.0 Å². The Bertz CT molecular complexity index is 378. The Kier molecular flexibility index (Phi) is 3.88. The van der Waals surface area contributed by atoms with E-state index in [9.17, 15) is 4.79 Å². The maximum Gasteiger partial charge on any atom is 0.415 e. The number of likely N-dealkylation sites (N-methyl/N-ethyl adjacent to an activating group) is 1. The summed E-state index contributed by atoms with van der Waals surface area (Å²) in [6.45, 7) is 1.66. The Balaban J connectivity index is 2.63. The van der Waals surface area contributed by atoms with E-state index >= 15 is 0 Å². The smallest absolute Gasteiger partial charge is 0.410 e. The van der Waals surface area contributed by atoms with E-state index in [0.29, 0.717) is 5.75 Å². The molecule has 0 radical (unpaired) electrons.